The Morgan fingerprint density at radius 2 is 2.39 bits per heavy atom. The van der Waals surface area contributed by atoms with Gasteiger partial charge in [0, 0.05) is 13.1 Å². The molecule has 2 aliphatic heterocycles. The third-order valence-electron chi connectivity index (χ3n) is 4.29. The summed E-state index contributed by atoms with van der Waals surface area (Å²) in [6.45, 7) is 4.72. The number of carbonyl (C=O) groups excluding carboxylic acids is 2. The molecule has 2 aliphatic rings. The molecule has 5 heteroatoms. The summed E-state index contributed by atoms with van der Waals surface area (Å²) in [6, 6.07) is 2.06. The van der Waals surface area contributed by atoms with E-state index >= 15 is 0 Å². The van der Waals surface area contributed by atoms with E-state index in [4.69, 9.17) is 0 Å². The minimum absolute atomic E-state index is 0.0488. The quantitative estimate of drug-likeness (QED) is 0.781. The van der Waals surface area contributed by atoms with Gasteiger partial charge in [-0.1, -0.05) is 6.92 Å². The van der Waals surface area contributed by atoms with Crippen molar-refractivity contribution in [2.24, 2.45) is 11.3 Å². The fourth-order valence-corrected chi connectivity index (χ4v) is 2.80. The monoisotopic (exact) mass is 249 g/mol. The average Bonchev–Trinajstić information content (AvgIpc) is 2.79. The van der Waals surface area contributed by atoms with Crippen molar-refractivity contribution in [1.29, 1.82) is 5.26 Å². The van der Waals surface area contributed by atoms with E-state index in [0.29, 0.717) is 19.5 Å². The molecule has 3 atom stereocenters. The Kier molecular flexibility index (Phi) is 3.29. The van der Waals surface area contributed by atoms with Crippen LogP contribution in [0.2, 0.25) is 0 Å². The number of likely N-dealkylation sites (tertiary alicyclic amines) is 1. The summed E-state index contributed by atoms with van der Waals surface area (Å²) < 4.78 is 0. The maximum Gasteiger partial charge on any atom is 0.243 e. The van der Waals surface area contributed by atoms with Crippen LogP contribution in [0.3, 0.4) is 0 Å². The third-order valence-corrected chi connectivity index (χ3v) is 4.29. The molecule has 2 fully saturated rings. The van der Waals surface area contributed by atoms with Gasteiger partial charge in [-0.3, -0.25) is 9.59 Å². The number of hydrogen-bond acceptors (Lipinski definition) is 3. The van der Waals surface area contributed by atoms with Crippen molar-refractivity contribution in [3.8, 4) is 6.07 Å². The van der Waals surface area contributed by atoms with Gasteiger partial charge in [0.1, 0.15) is 5.41 Å². The van der Waals surface area contributed by atoms with Crippen LogP contribution < -0.4 is 5.32 Å². The lowest BCUT2D eigenvalue weighted by Gasteiger charge is -2.39. The molecule has 0 aromatic carbocycles. The second kappa shape index (κ2) is 4.60. The van der Waals surface area contributed by atoms with E-state index in [-0.39, 0.29) is 23.8 Å². The van der Waals surface area contributed by atoms with Crippen LogP contribution in [-0.4, -0.2) is 35.8 Å². The van der Waals surface area contributed by atoms with Crippen LogP contribution >= 0.6 is 0 Å². The number of nitrogens with one attached hydrogen (secondary N) is 1. The lowest BCUT2D eigenvalue weighted by atomic mass is 9.84. The van der Waals surface area contributed by atoms with E-state index in [0.717, 1.165) is 12.8 Å². The molecule has 0 aromatic heterocycles. The average molecular weight is 249 g/mol. The number of hydrogen-bond donors (Lipinski definition) is 1. The first-order valence-corrected chi connectivity index (χ1v) is 6.53. The zero-order chi connectivity index (χ0) is 13.3. The molecule has 3 unspecified atom stereocenters. The molecular weight excluding hydrogens is 230 g/mol. The van der Waals surface area contributed by atoms with Gasteiger partial charge in [-0.2, -0.15) is 5.26 Å². The van der Waals surface area contributed by atoms with Crippen molar-refractivity contribution >= 4 is 11.8 Å². The molecule has 0 spiro atoms. The van der Waals surface area contributed by atoms with Gasteiger partial charge in [-0.15, -0.1) is 0 Å². The van der Waals surface area contributed by atoms with Crippen LogP contribution in [0.15, 0.2) is 0 Å². The van der Waals surface area contributed by atoms with Gasteiger partial charge in [0.05, 0.1) is 18.0 Å². The standard InChI is InChI=1S/C13H19N3O2/c1-3-13(2,8-14)12(18)16-6-4-5-9-10(16)7-15-11(9)17/h9-10H,3-7H2,1-2H3,(H,15,17). The molecule has 0 bridgehead atoms. The highest BCUT2D eigenvalue weighted by atomic mass is 16.2. The van der Waals surface area contributed by atoms with E-state index in [1.165, 1.54) is 0 Å². The van der Waals surface area contributed by atoms with E-state index < -0.39 is 5.41 Å². The molecule has 2 amide bonds. The van der Waals surface area contributed by atoms with Crippen molar-refractivity contribution in [3.05, 3.63) is 0 Å². The predicted octanol–water partition coefficient (Wildman–Crippen LogP) is 0.663. The molecule has 18 heavy (non-hydrogen) atoms. The highest BCUT2D eigenvalue weighted by molar-refractivity contribution is 5.88. The molecule has 0 saturated carbocycles. The van der Waals surface area contributed by atoms with Gasteiger partial charge in [0.15, 0.2) is 0 Å². The zero-order valence-corrected chi connectivity index (χ0v) is 10.9. The largest absolute Gasteiger partial charge is 0.354 e. The Labute approximate surface area is 107 Å². The summed E-state index contributed by atoms with van der Waals surface area (Å²) in [5, 5.41) is 12.0. The third kappa shape index (κ3) is 1.86. The van der Waals surface area contributed by atoms with Crippen LogP contribution in [0.4, 0.5) is 0 Å². The van der Waals surface area contributed by atoms with Gasteiger partial charge < -0.3 is 10.2 Å². The number of nitriles is 1. The van der Waals surface area contributed by atoms with Crippen molar-refractivity contribution in [2.45, 2.75) is 39.2 Å². The number of fused-ring (bicyclic) bond motifs is 1. The lowest BCUT2D eigenvalue weighted by molar-refractivity contribution is -0.143. The Bertz CT molecular complexity index is 415. The summed E-state index contributed by atoms with van der Waals surface area (Å²) in [6.07, 6.45) is 2.18. The molecule has 0 aromatic rings. The van der Waals surface area contributed by atoms with Gasteiger partial charge in [-0.25, -0.2) is 0 Å². The van der Waals surface area contributed by atoms with Crippen LogP contribution in [0.1, 0.15) is 33.1 Å². The van der Waals surface area contributed by atoms with E-state index in [1.54, 1.807) is 11.8 Å². The molecule has 1 N–H and O–H groups in total. The summed E-state index contributed by atoms with van der Waals surface area (Å²) >= 11 is 0. The van der Waals surface area contributed by atoms with E-state index in [9.17, 15) is 14.9 Å². The number of rotatable bonds is 2. The summed E-state index contributed by atoms with van der Waals surface area (Å²) in [5.74, 6) is -0.158. The molecule has 2 rings (SSSR count). The van der Waals surface area contributed by atoms with Gasteiger partial charge in [0.25, 0.3) is 0 Å². The Morgan fingerprint density at radius 3 is 3.00 bits per heavy atom. The van der Waals surface area contributed by atoms with Crippen molar-refractivity contribution in [3.63, 3.8) is 0 Å². The fraction of sp³-hybridized carbons (Fsp3) is 0.769. The minimum atomic E-state index is -0.965. The number of amides is 2. The van der Waals surface area contributed by atoms with E-state index in [2.05, 4.69) is 11.4 Å². The molecule has 2 saturated heterocycles. The van der Waals surface area contributed by atoms with Crippen LogP contribution in [0, 0.1) is 22.7 Å². The Morgan fingerprint density at radius 1 is 1.67 bits per heavy atom. The smallest absolute Gasteiger partial charge is 0.243 e. The minimum Gasteiger partial charge on any atom is -0.354 e. The number of piperidine rings is 1. The van der Waals surface area contributed by atoms with Crippen molar-refractivity contribution in [1.82, 2.24) is 10.2 Å². The van der Waals surface area contributed by atoms with Crippen molar-refractivity contribution in [2.75, 3.05) is 13.1 Å². The second-order valence-electron chi connectivity index (χ2n) is 5.36. The normalized spacial score (nSPS) is 30.1. The summed E-state index contributed by atoms with van der Waals surface area (Å²) in [4.78, 5) is 25.9. The fourth-order valence-electron chi connectivity index (χ4n) is 2.80. The summed E-state index contributed by atoms with van der Waals surface area (Å²) in [7, 11) is 0. The molecular formula is C13H19N3O2. The number of nitrogens with zero attached hydrogens (tertiary/aromatic N) is 2. The first-order valence-electron chi connectivity index (χ1n) is 6.53. The maximum atomic E-state index is 12.5. The molecule has 5 nitrogen and oxygen atoms in total. The van der Waals surface area contributed by atoms with Crippen LogP contribution in [0.5, 0.6) is 0 Å². The highest BCUT2D eigenvalue weighted by Gasteiger charge is 2.46. The zero-order valence-electron chi connectivity index (χ0n) is 10.9. The number of carbonyl (C=O) groups is 2. The first kappa shape index (κ1) is 12.9. The SMILES string of the molecule is CCC(C)(C#N)C(=O)N1CCCC2C(=O)NCC21. The molecule has 0 aliphatic carbocycles. The van der Waals surface area contributed by atoms with E-state index in [1.807, 2.05) is 6.92 Å². The van der Waals surface area contributed by atoms with Crippen LogP contribution in [-0.2, 0) is 9.59 Å². The van der Waals surface area contributed by atoms with Gasteiger partial charge >= 0.3 is 0 Å². The molecule has 98 valence electrons. The van der Waals surface area contributed by atoms with Gasteiger partial charge in [0.2, 0.25) is 11.8 Å². The van der Waals surface area contributed by atoms with Crippen LogP contribution in [0.25, 0.3) is 0 Å². The summed E-state index contributed by atoms with van der Waals surface area (Å²) in [5.41, 5.74) is -0.965. The maximum absolute atomic E-state index is 12.5. The lowest BCUT2D eigenvalue weighted by Crippen LogP contribution is -2.53. The molecule has 0 radical (unpaired) electrons. The predicted molar refractivity (Wildman–Crippen MR) is 65.2 cm³/mol. The molecule has 2 heterocycles. The van der Waals surface area contributed by atoms with Gasteiger partial charge in [-0.05, 0) is 26.2 Å². The Hall–Kier alpha value is -1.57. The first-order chi connectivity index (χ1) is 8.53. The van der Waals surface area contributed by atoms with Crippen molar-refractivity contribution < 1.29 is 9.59 Å². The highest BCUT2D eigenvalue weighted by Crippen LogP contribution is 2.32. The second-order valence-corrected chi connectivity index (χ2v) is 5.36. The topological polar surface area (TPSA) is 73.2 Å². The Balaban J connectivity index is 2.21.